The third kappa shape index (κ3) is 4.94. The lowest BCUT2D eigenvalue weighted by Gasteiger charge is -2.31. The molecule has 0 atom stereocenters. The van der Waals surface area contributed by atoms with Crippen LogP contribution in [0.4, 0.5) is 4.79 Å². The van der Waals surface area contributed by atoms with Crippen LogP contribution < -0.4 is 0 Å². The van der Waals surface area contributed by atoms with E-state index in [0.717, 1.165) is 25.9 Å². The molecule has 0 spiro atoms. The fourth-order valence-electron chi connectivity index (χ4n) is 2.26. The molecule has 0 unspecified atom stereocenters. The maximum absolute atomic E-state index is 12.3. The van der Waals surface area contributed by atoms with Gasteiger partial charge in [-0.15, -0.1) is 0 Å². The Morgan fingerprint density at radius 1 is 1.11 bits per heavy atom. The lowest BCUT2D eigenvalue weighted by atomic mass is 10.1. The van der Waals surface area contributed by atoms with E-state index in [1.165, 1.54) is 19.3 Å². The summed E-state index contributed by atoms with van der Waals surface area (Å²) in [4.78, 5) is 26.3. The van der Waals surface area contributed by atoms with E-state index in [0.29, 0.717) is 13.1 Å². The number of amides is 2. The molecule has 2 amide bonds. The van der Waals surface area contributed by atoms with Crippen molar-refractivity contribution in [3.8, 4) is 0 Å². The number of carboxylic acid groups (broad SMARTS) is 1. The van der Waals surface area contributed by atoms with Crippen molar-refractivity contribution in [2.24, 2.45) is 0 Å². The van der Waals surface area contributed by atoms with Crippen LogP contribution in [0.5, 0.6) is 0 Å². The molecule has 1 saturated heterocycles. The van der Waals surface area contributed by atoms with E-state index in [1.54, 1.807) is 4.90 Å². The number of carbonyl (C=O) groups excluding carboxylic acids is 1. The first-order valence-electron chi connectivity index (χ1n) is 6.90. The highest BCUT2D eigenvalue weighted by molar-refractivity contribution is 5.75. The lowest BCUT2D eigenvalue weighted by molar-refractivity contribution is -0.137. The van der Waals surface area contributed by atoms with Crippen molar-refractivity contribution in [1.82, 2.24) is 9.80 Å². The van der Waals surface area contributed by atoms with Crippen molar-refractivity contribution in [3.05, 3.63) is 0 Å². The SMILES string of the molecule is CCN(CCC(=O)O)C(=O)N1CCCCCCC1. The molecule has 0 aromatic rings. The second-order valence-corrected chi connectivity index (χ2v) is 4.76. The van der Waals surface area contributed by atoms with Crippen LogP contribution in [0.2, 0.25) is 0 Å². The summed E-state index contributed by atoms with van der Waals surface area (Å²) in [6.45, 7) is 4.39. The summed E-state index contributed by atoms with van der Waals surface area (Å²) in [6, 6.07) is 0.000602. The van der Waals surface area contributed by atoms with Crippen LogP contribution in [-0.2, 0) is 4.79 Å². The topological polar surface area (TPSA) is 60.9 Å². The van der Waals surface area contributed by atoms with E-state index < -0.39 is 5.97 Å². The van der Waals surface area contributed by atoms with Crippen molar-refractivity contribution in [3.63, 3.8) is 0 Å². The number of hydrogen-bond acceptors (Lipinski definition) is 2. The smallest absolute Gasteiger partial charge is 0.320 e. The Kier molecular flexibility index (Phi) is 6.54. The minimum absolute atomic E-state index is 0.000602. The standard InChI is InChI=1S/C13H24N2O3/c1-2-14(11-8-12(16)17)13(18)15-9-6-4-3-5-7-10-15/h2-11H2,1H3,(H,16,17). The van der Waals surface area contributed by atoms with Gasteiger partial charge >= 0.3 is 12.0 Å². The molecular formula is C13H24N2O3. The Labute approximate surface area is 109 Å². The summed E-state index contributed by atoms with van der Waals surface area (Å²) in [5, 5.41) is 8.68. The predicted molar refractivity (Wildman–Crippen MR) is 69.6 cm³/mol. The van der Waals surface area contributed by atoms with Gasteiger partial charge in [-0.25, -0.2) is 4.79 Å². The minimum Gasteiger partial charge on any atom is -0.481 e. The zero-order valence-corrected chi connectivity index (χ0v) is 11.2. The van der Waals surface area contributed by atoms with Gasteiger partial charge in [0.25, 0.3) is 0 Å². The highest BCUT2D eigenvalue weighted by Crippen LogP contribution is 2.12. The monoisotopic (exact) mass is 256 g/mol. The molecule has 0 aliphatic carbocycles. The highest BCUT2D eigenvalue weighted by atomic mass is 16.4. The maximum atomic E-state index is 12.3. The van der Waals surface area contributed by atoms with E-state index in [4.69, 9.17) is 5.11 Å². The Hall–Kier alpha value is -1.26. The first-order chi connectivity index (χ1) is 8.65. The first kappa shape index (κ1) is 14.8. The van der Waals surface area contributed by atoms with Gasteiger partial charge in [-0.1, -0.05) is 19.3 Å². The number of aliphatic carboxylic acids is 1. The Morgan fingerprint density at radius 3 is 2.17 bits per heavy atom. The van der Waals surface area contributed by atoms with Gasteiger partial charge in [-0.3, -0.25) is 4.79 Å². The summed E-state index contributed by atoms with van der Waals surface area (Å²) >= 11 is 0. The summed E-state index contributed by atoms with van der Waals surface area (Å²) < 4.78 is 0. The molecule has 1 heterocycles. The van der Waals surface area contributed by atoms with Gasteiger partial charge in [-0.2, -0.15) is 0 Å². The largest absolute Gasteiger partial charge is 0.481 e. The van der Waals surface area contributed by atoms with Crippen LogP contribution in [0.1, 0.15) is 45.4 Å². The quantitative estimate of drug-likeness (QED) is 0.838. The molecule has 1 aliphatic heterocycles. The third-order valence-electron chi connectivity index (χ3n) is 3.37. The van der Waals surface area contributed by atoms with Crippen molar-refractivity contribution in [1.29, 1.82) is 0 Å². The number of likely N-dealkylation sites (tertiary alicyclic amines) is 1. The van der Waals surface area contributed by atoms with Gasteiger partial charge in [0.1, 0.15) is 0 Å². The fraction of sp³-hybridized carbons (Fsp3) is 0.846. The molecule has 5 nitrogen and oxygen atoms in total. The van der Waals surface area contributed by atoms with Crippen LogP contribution >= 0.6 is 0 Å². The maximum Gasteiger partial charge on any atom is 0.320 e. The van der Waals surface area contributed by atoms with Crippen LogP contribution in [0.15, 0.2) is 0 Å². The first-order valence-corrected chi connectivity index (χ1v) is 6.90. The van der Waals surface area contributed by atoms with Gasteiger partial charge in [0.15, 0.2) is 0 Å². The molecule has 1 rings (SSSR count). The van der Waals surface area contributed by atoms with Crippen molar-refractivity contribution >= 4 is 12.0 Å². The minimum atomic E-state index is -0.853. The molecule has 1 fully saturated rings. The lowest BCUT2D eigenvalue weighted by Crippen LogP contribution is -2.45. The second-order valence-electron chi connectivity index (χ2n) is 4.76. The number of carbonyl (C=O) groups is 2. The normalized spacial score (nSPS) is 16.8. The van der Waals surface area contributed by atoms with Crippen molar-refractivity contribution in [2.75, 3.05) is 26.2 Å². The molecule has 0 radical (unpaired) electrons. The highest BCUT2D eigenvalue weighted by Gasteiger charge is 2.20. The van der Waals surface area contributed by atoms with Gasteiger partial charge in [0.05, 0.1) is 6.42 Å². The van der Waals surface area contributed by atoms with E-state index in [1.807, 2.05) is 11.8 Å². The average Bonchev–Trinajstić information content (AvgIpc) is 2.28. The Balaban J connectivity index is 2.49. The van der Waals surface area contributed by atoms with E-state index >= 15 is 0 Å². The predicted octanol–water partition coefficient (Wildman–Crippen LogP) is 2.17. The molecule has 1 aliphatic rings. The van der Waals surface area contributed by atoms with Crippen molar-refractivity contribution < 1.29 is 14.7 Å². The zero-order valence-electron chi connectivity index (χ0n) is 11.2. The Morgan fingerprint density at radius 2 is 1.67 bits per heavy atom. The summed E-state index contributed by atoms with van der Waals surface area (Å²) in [6.07, 6.45) is 5.77. The molecule has 5 heteroatoms. The zero-order chi connectivity index (χ0) is 13.4. The van der Waals surface area contributed by atoms with E-state index in [2.05, 4.69) is 0 Å². The fourth-order valence-corrected chi connectivity index (χ4v) is 2.26. The molecule has 1 N–H and O–H groups in total. The molecule has 18 heavy (non-hydrogen) atoms. The summed E-state index contributed by atoms with van der Waals surface area (Å²) in [5.41, 5.74) is 0. The van der Waals surface area contributed by atoms with Crippen LogP contribution in [0, 0.1) is 0 Å². The van der Waals surface area contributed by atoms with Gasteiger partial charge in [0, 0.05) is 26.2 Å². The van der Waals surface area contributed by atoms with Gasteiger partial charge in [0.2, 0.25) is 0 Å². The van der Waals surface area contributed by atoms with Crippen LogP contribution in [-0.4, -0.2) is 53.1 Å². The van der Waals surface area contributed by atoms with Gasteiger partial charge in [-0.05, 0) is 19.8 Å². The molecular weight excluding hydrogens is 232 g/mol. The molecule has 0 aromatic heterocycles. The van der Waals surface area contributed by atoms with Crippen LogP contribution in [0.3, 0.4) is 0 Å². The number of carboxylic acids is 1. The molecule has 0 saturated carbocycles. The van der Waals surface area contributed by atoms with Crippen LogP contribution in [0.25, 0.3) is 0 Å². The number of hydrogen-bond donors (Lipinski definition) is 1. The van der Waals surface area contributed by atoms with Gasteiger partial charge < -0.3 is 14.9 Å². The molecule has 0 aromatic carbocycles. The Bertz CT molecular complexity index is 273. The number of nitrogens with zero attached hydrogens (tertiary/aromatic N) is 2. The summed E-state index contributed by atoms with van der Waals surface area (Å²) in [7, 11) is 0. The van der Waals surface area contributed by atoms with E-state index in [9.17, 15) is 9.59 Å². The molecule has 104 valence electrons. The average molecular weight is 256 g/mol. The second kappa shape index (κ2) is 7.95. The number of urea groups is 1. The van der Waals surface area contributed by atoms with E-state index in [-0.39, 0.29) is 12.5 Å². The number of rotatable bonds is 4. The molecule has 0 bridgehead atoms. The third-order valence-corrected chi connectivity index (χ3v) is 3.37. The van der Waals surface area contributed by atoms with Crippen molar-refractivity contribution in [2.45, 2.75) is 45.4 Å². The summed E-state index contributed by atoms with van der Waals surface area (Å²) in [5.74, 6) is -0.853.